The number of ketones is 1. The predicted molar refractivity (Wildman–Crippen MR) is 134 cm³/mol. The highest BCUT2D eigenvalue weighted by atomic mass is 16.5. The zero-order valence-corrected chi connectivity index (χ0v) is 19.5. The summed E-state index contributed by atoms with van der Waals surface area (Å²) in [6.07, 6.45) is 3.06. The van der Waals surface area contributed by atoms with Gasteiger partial charge in [-0.05, 0) is 34.9 Å². The number of allylic oxidation sites excluding steroid dienone is 1. The molecular weight excluding hydrogens is 442 g/mol. The third-order valence-electron chi connectivity index (χ3n) is 5.78. The molecule has 0 saturated heterocycles. The van der Waals surface area contributed by atoms with E-state index in [0.717, 1.165) is 11.1 Å². The van der Waals surface area contributed by atoms with Crippen LogP contribution in [0.2, 0.25) is 0 Å². The molecule has 4 rings (SSSR count). The molecule has 0 radical (unpaired) electrons. The summed E-state index contributed by atoms with van der Waals surface area (Å²) in [6, 6.07) is 25.7. The van der Waals surface area contributed by atoms with Gasteiger partial charge in [-0.2, -0.15) is 0 Å². The van der Waals surface area contributed by atoms with Gasteiger partial charge >= 0.3 is 0 Å². The number of methoxy groups -OCH3 is 1. The summed E-state index contributed by atoms with van der Waals surface area (Å²) in [7, 11) is 1.54. The fraction of sp³-hybridized carbons (Fsp3) is 0.172. The highest BCUT2D eigenvalue weighted by molar-refractivity contribution is 6.14. The second kappa shape index (κ2) is 11.3. The third kappa shape index (κ3) is 5.67. The van der Waals surface area contributed by atoms with Gasteiger partial charge in [0.2, 0.25) is 0 Å². The maximum Gasteiger partial charge on any atom is 0.290 e. The van der Waals surface area contributed by atoms with E-state index in [9.17, 15) is 14.7 Å². The number of carbonyl (C=O) groups excluding carboxylic acids is 2. The number of ether oxygens (including phenoxy) is 2. The van der Waals surface area contributed by atoms with E-state index < -0.39 is 23.5 Å². The highest BCUT2D eigenvalue weighted by Crippen LogP contribution is 2.38. The Labute approximate surface area is 204 Å². The molecule has 6 nitrogen and oxygen atoms in total. The van der Waals surface area contributed by atoms with Crippen molar-refractivity contribution in [1.82, 2.24) is 4.90 Å². The molecule has 6 heteroatoms. The number of hydrogen-bond acceptors (Lipinski definition) is 5. The monoisotopic (exact) mass is 469 g/mol. The standard InChI is InChI=1S/C29H27NO5/c1-34-19-18-30-27(23-13-15-24(16-14-23)35-20-22-10-6-3-7-11-22)26(28(32)29(30)33)25(31)17-12-21-8-4-2-5-9-21/h2-17,27,32H,18-20H2,1H3. The molecular formula is C29H27NO5. The van der Waals surface area contributed by atoms with Crippen LogP contribution in [0.25, 0.3) is 6.08 Å². The lowest BCUT2D eigenvalue weighted by Crippen LogP contribution is -2.33. The largest absolute Gasteiger partial charge is 0.503 e. The molecule has 35 heavy (non-hydrogen) atoms. The topological polar surface area (TPSA) is 76.1 Å². The molecule has 1 aliphatic heterocycles. The van der Waals surface area contributed by atoms with Crippen molar-refractivity contribution < 1.29 is 24.2 Å². The second-order valence-electron chi connectivity index (χ2n) is 8.11. The number of aliphatic hydroxyl groups excluding tert-OH is 1. The first kappa shape index (κ1) is 24.0. The van der Waals surface area contributed by atoms with Gasteiger partial charge in [-0.3, -0.25) is 9.59 Å². The molecule has 1 amide bonds. The molecule has 0 spiro atoms. The molecule has 1 unspecified atom stereocenters. The first-order chi connectivity index (χ1) is 17.1. The van der Waals surface area contributed by atoms with E-state index in [-0.39, 0.29) is 18.7 Å². The minimum Gasteiger partial charge on any atom is -0.503 e. The normalized spacial score (nSPS) is 15.7. The molecule has 3 aromatic rings. The van der Waals surface area contributed by atoms with Gasteiger partial charge in [0.15, 0.2) is 11.5 Å². The van der Waals surface area contributed by atoms with Gasteiger partial charge in [-0.1, -0.05) is 78.9 Å². The van der Waals surface area contributed by atoms with Gasteiger partial charge in [-0.15, -0.1) is 0 Å². The molecule has 1 N–H and O–H groups in total. The van der Waals surface area contributed by atoms with Gasteiger partial charge in [0, 0.05) is 13.7 Å². The number of amides is 1. The maximum atomic E-state index is 13.2. The lowest BCUT2D eigenvalue weighted by Gasteiger charge is -2.26. The molecule has 178 valence electrons. The highest BCUT2D eigenvalue weighted by Gasteiger charge is 2.42. The fourth-order valence-electron chi connectivity index (χ4n) is 3.99. The Morgan fingerprint density at radius 3 is 2.29 bits per heavy atom. The zero-order valence-electron chi connectivity index (χ0n) is 19.5. The maximum absolute atomic E-state index is 13.2. The number of hydrogen-bond donors (Lipinski definition) is 1. The SMILES string of the molecule is COCCN1C(=O)C(O)=C(C(=O)C=Cc2ccccc2)C1c1ccc(OCc2ccccc2)cc1. The summed E-state index contributed by atoms with van der Waals surface area (Å²) >= 11 is 0. The lowest BCUT2D eigenvalue weighted by molar-refractivity contribution is -0.130. The van der Waals surface area contributed by atoms with E-state index in [0.29, 0.717) is 17.9 Å². The van der Waals surface area contributed by atoms with E-state index >= 15 is 0 Å². The van der Waals surface area contributed by atoms with Crippen LogP contribution in [0.4, 0.5) is 0 Å². The Morgan fingerprint density at radius 1 is 0.971 bits per heavy atom. The molecule has 0 fully saturated rings. The summed E-state index contributed by atoms with van der Waals surface area (Å²) in [5.74, 6) is -0.879. The summed E-state index contributed by atoms with van der Waals surface area (Å²) in [6.45, 7) is 0.932. The Hall–Kier alpha value is -4.16. The van der Waals surface area contributed by atoms with Crippen LogP contribution in [0, 0.1) is 0 Å². The molecule has 0 aliphatic carbocycles. The van der Waals surface area contributed by atoms with E-state index in [1.807, 2.05) is 72.8 Å². The van der Waals surface area contributed by atoms with Gasteiger partial charge < -0.3 is 19.5 Å². The number of carbonyl (C=O) groups is 2. The summed E-state index contributed by atoms with van der Waals surface area (Å²) in [5.41, 5.74) is 2.64. The smallest absolute Gasteiger partial charge is 0.290 e. The van der Waals surface area contributed by atoms with Crippen LogP contribution in [0.1, 0.15) is 22.7 Å². The van der Waals surface area contributed by atoms with E-state index in [1.54, 1.807) is 18.2 Å². The average molecular weight is 470 g/mol. The number of nitrogens with zero attached hydrogens (tertiary/aromatic N) is 1. The first-order valence-corrected chi connectivity index (χ1v) is 11.4. The molecule has 0 aromatic heterocycles. The van der Waals surface area contributed by atoms with Gasteiger partial charge in [0.1, 0.15) is 12.4 Å². The van der Waals surface area contributed by atoms with Crippen molar-refractivity contribution in [2.75, 3.05) is 20.3 Å². The van der Waals surface area contributed by atoms with Crippen molar-refractivity contribution in [2.24, 2.45) is 0 Å². The predicted octanol–water partition coefficient (Wildman–Crippen LogP) is 4.89. The molecule has 3 aromatic carbocycles. The minimum absolute atomic E-state index is 0.0521. The summed E-state index contributed by atoms with van der Waals surface area (Å²) in [4.78, 5) is 27.5. The molecule has 0 bridgehead atoms. The molecule has 1 heterocycles. The van der Waals surface area contributed by atoms with Gasteiger partial charge in [0.05, 0.1) is 18.2 Å². The van der Waals surface area contributed by atoms with E-state index in [2.05, 4.69) is 0 Å². The zero-order chi connectivity index (χ0) is 24.6. The van der Waals surface area contributed by atoms with Crippen molar-refractivity contribution in [3.05, 3.63) is 119 Å². The Balaban J connectivity index is 1.58. The quantitative estimate of drug-likeness (QED) is 0.428. The van der Waals surface area contributed by atoms with Gasteiger partial charge in [-0.25, -0.2) is 0 Å². The average Bonchev–Trinajstić information content (AvgIpc) is 3.16. The van der Waals surface area contributed by atoms with Crippen LogP contribution in [0.3, 0.4) is 0 Å². The number of benzene rings is 3. The summed E-state index contributed by atoms with van der Waals surface area (Å²) < 4.78 is 11.0. The Bertz CT molecular complexity index is 1220. The summed E-state index contributed by atoms with van der Waals surface area (Å²) in [5, 5.41) is 10.7. The van der Waals surface area contributed by atoms with Crippen LogP contribution in [-0.4, -0.2) is 42.0 Å². The van der Waals surface area contributed by atoms with Crippen molar-refractivity contribution >= 4 is 17.8 Å². The lowest BCUT2D eigenvalue weighted by atomic mass is 9.95. The minimum atomic E-state index is -0.728. The van der Waals surface area contributed by atoms with Crippen LogP contribution >= 0.6 is 0 Å². The second-order valence-corrected chi connectivity index (χ2v) is 8.11. The van der Waals surface area contributed by atoms with Crippen LogP contribution in [-0.2, 0) is 20.9 Å². The number of rotatable bonds is 10. The fourth-order valence-corrected chi connectivity index (χ4v) is 3.99. The van der Waals surface area contributed by atoms with Crippen molar-refractivity contribution in [1.29, 1.82) is 0 Å². The van der Waals surface area contributed by atoms with Crippen molar-refractivity contribution in [3.63, 3.8) is 0 Å². The van der Waals surface area contributed by atoms with E-state index in [4.69, 9.17) is 9.47 Å². The van der Waals surface area contributed by atoms with Gasteiger partial charge in [0.25, 0.3) is 5.91 Å². The Kier molecular flexibility index (Phi) is 7.75. The van der Waals surface area contributed by atoms with Crippen molar-refractivity contribution in [2.45, 2.75) is 12.6 Å². The number of aliphatic hydroxyl groups is 1. The van der Waals surface area contributed by atoms with E-state index in [1.165, 1.54) is 18.1 Å². The molecule has 0 saturated carbocycles. The molecule has 1 atom stereocenters. The Morgan fingerprint density at radius 2 is 1.63 bits per heavy atom. The first-order valence-electron chi connectivity index (χ1n) is 11.4. The third-order valence-corrected chi connectivity index (χ3v) is 5.78. The van der Waals surface area contributed by atoms with Crippen LogP contribution < -0.4 is 4.74 Å². The van der Waals surface area contributed by atoms with Crippen LogP contribution in [0.5, 0.6) is 5.75 Å². The van der Waals surface area contributed by atoms with Crippen molar-refractivity contribution in [3.8, 4) is 5.75 Å². The van der Waals surface area contributed by atoms with Crippen LogP contribution in [0.15, 0.2) is 102 Å². The molecule has 1 aliphatic rings.